The Bertz CT molecular complexity index is 3200. The molecule has 268 valence electrons. The van der Waals surface area contributed by atoms with Crippen molar-refractivity contribution in [3.8, 4) is 44.5 Å². The normalized spacial score (nSPS) is 11.5. The van der Waals surface area contributed by atoms with E-state index in [9.17, 15) is 0 Å². The van der Waals surface area contributed by atoms with Gasteiger partial charge in [-0.3, -0.25) is 0 Å². The highest BCUT2D eigenvalue weighted by molar-refractivity contribution is 7.25. The zero-order valence-corrected chi connectivity index (χ0v) is 31.8. The average Bonchev–Trinajstić information content (AvgIpc) is 3.87. The van der Waals surface area contributed by atoms with Crippen molar-refractivity contribution in [1.29, 1.82) is 0 Å². The van der Waals surface area contributed by atoms with E-state index in [2.05, 4.69) is 217 Å². The lowest BCUT2D eigenvalue weighted by Gasteiger charge is -2.26. The predicted molar refractivity (Wildman–Crippen MR) is 243 cm³/mol. The lowest BCUT2D eigenvalue weighted by molar-refractivity contribution is 0.670. The summed E-state index contributed by atoms with van der Waals surface area (Å²) in [5, 5.41) is 4.82. The minimum Gasteiger partial charge on any atom is -0.453 e. The van der Waals surface area contributed by atoms with Crippen molar-refractivity contribution in [2.24, 2.45) is 0 Å². The summed E-state index contributed by atoms with van der Waals surface area (Å²) in [4.78, 5) is 2.33. The monoisotopic (exact) mass is 745 g/mol. The average molecular weight is 746 g/mol. The summed E-state index contributed by atoms with van der Waals surface area (Å²) in [5.74, 6) is 0. The van der Waals surface area contributed by atoms with E-state index in [0.29, 0.717) is 0 Å². The summed E-state index contributed by atoms with van der Waals surface area (Å²) >= 11 is 1.86. The summed E-state index contributed by atoms with van der Waals surface area (Å²) in [5.41, 5.74) is 14.3. The van der Waals surface area contributed by atoms with Gasteiger partial charge in [0.1, 0.15) is 5.58 Å². The van der Waals surface area contributed by atoms with Gasteiger partial charge in [-0.05, 0) is 81.4 Å². The quantitative estimate of drug-likeness (QED) is 0.162. The molecule has 9 aromatic carbocycles. The number of hydrogen-bond donors (Lipinski definition) is 0. The van der Waals surface area contributed by atoms with Crippen LogP contribution < -0.4 is 4.90 Å². The maximum absolute atomic E-state index is 6.97. The van der Waals surface area contributed by atoms with Crippen LogP contribution in [0, 0.1) is 0 Å². The Morgan fingerprint density at radius 1 is 0.316 bits per heavy atom. The van der Waals surface area contributed by atoms with Gasteiger partial charge in [-0.1, -0.05) is 170 Å². The molecular weight excluding hydrogens is 711 g/mol. The number of furan rings is 1. The maximum Gasteiger partial charge on any atom is 0.159 e. The van der Waals surface area contributed by atoms with Crippen LogP contribution in [-0.4, -0.2) is 0 Å². The number of hydrogen-bond acceptors (Lipinski definition) is 3. The molecule has 0 spiro atoms. The van der Waals surface area contributed by atoms with Crippen molar-refractivity contribution < 1.29 is 4.42 Å². The van der Waals surface area contributed by atoms with Gasteiger partial charge in [0.05, 0.1) is 5.69 Å². The molecule has 0 atom stereocenters. The number of nitrogens with zero attached hydrogens (tertiary/aromatic N) is 1. The first-order valence-electron chi connectivity index (χ1n) is 19.3. The molecule has 0 aliphatic heterocycles. The summed E-state index contributed by atoms with van der Waals surface area (Å²) in [6.07, 6.45) is 0. The third kappa shape index (κ3) is 5.80. The molecule has 2 nitrogen and oxygen atoms in total. The van der Waals surface area contributed by atoms with E-state index in [1.54, 1.807) is 0 Å². The summed E-state index contributed by atoms with van der Waals surface area (Å²) in [6.45, 7) is 0. The Morgan fingerprint density at radius 3 is 1.46 bits per heavy atom. The third-order valence-corrected chi connectivity index (χ3v) is 12.3. The van der Waals surface area contributed by atoms with Gasteiger partial charge in [0.15, 0.2) is 5.58 Å². The van der Waals surface area contributed by atoms with Gasteiger partial charge in [0.25, 0.3) is 0 Å². The Hall–Kier alpha value is -7.20. The highest BCUT2D eigenvalue weighted by Gasteiger charge is 2.21. The molecule has 0 saturated heterocycles. The van der Waals surface area contributed by atoms with Gasteiger partial charge < -0.3 is 9.32 Å². The Kier molecular flexibility index (Phi) is 8.04. The number of para-hydroxylation sites is 2. The molecule has 0 aliphatic rings. The molecule has 11 aromatic rings. The summed E-state index contributed by atoms with van der Waals surface area (Å²) in [7, 11) is 0. The number of benzene rings is 9. The molecule has 0 N–H and O–H groups in total. The zero-order valence-electron chi connectivity index (χ0n) is 31.0. The van der Waals surface area contributed by atoms with E-state index in [-0.39, 0.29) is 0 Å². The minimum absolute atomic E-state index is 0.857. The number of thiophene rings is 1. The van der Waals surface area contributed by atoms with E-state index in [1.807, 2.05) is 11.3 Å². The van der Waals surface area contributed by atoms with Crippen LogP contribution in [-0.2, 0) is 0 Å². The van der Waals surface area contributed by atoms with Gasteiger partial charge in [-0.25, -0.2) is 0 Å². The number of rotatable bonds is 7. The molecule has 3 heteroatoms. The van der Waals surface area contributed by atoms with Crippen molar-refractivity contribution in [2.45, 2.75) is 0 Å². The highest BCUT2D eigenvalue weighted by Crippen LogP contribution is 2.45. The molecule has 0 unspecified atom stereocenters. The van der Waals surface area contributed by atoms with Crippen LogP contribution in [0.3, 0.4) is 0 Å². The van der Waals surface area contributed by atoms with Crippen LogP contribution in [0.25, 0.3) is 86.6 Å². The first-order chi connectivity index (χ1) is 28.3. The standard InChI is InChI=1S/C54H35NOS/c1-3-12-36(13-4-1)37-24-26-38(27-25-37)39-28-32-42(33-29-39)55(43-34-30-41(31-35-43)44-17-11-23-51-52(44)48-16-7-8-22-50(48)57-51)49-21-10-20-47-46-19-9-18-45(53(46)56-54(47)49)40-14-5-2-6-15-40/h1-35H. The van der Waals surface area contributed by atoms with Crippen LogP contribution in [0.5, 0.6) is 0 Å². The maximum atomic E-state index is 6.97. The molecule has 11 rings (SSSR count). The number of anilines is 3. The third-order valence-electron chi connectivity index (χ3n) is 11.1. The Morgan fingerprint density at radius 2 is 0.772 bits per heavy atom. The highest BCUT2D eigenvalue weighted by atomic mass is 32.1. The molecular formula is C54H35NOS. The molecule has 0 aliphatic carbocycles. The largest absolute Gasteiger partial charge is 0.453 e. The van der Waals surface area contributed by atoms with Crippen molar-refractivity contribution in [2.75, 3.05) is 4.90 Å². The van der Waals surface area contributed by atoms with Crippen molar-refractivity contribution in [1.82, 2.24) is 0 Å². The first kappa shape index (κ1) is 33.2. The Balaban J connectivity index is 1.04. The van der Waals surface area contributed by atoms with Crippen LogP contribution in [0.2, 0.25) is 0 Å². The fourth-order valence-electron chi connectivity index (χ4n) is 8.35. The molecule has 2 heterocycles. The second kappa shape index (κ2) is 13.8. The number of fused-ring (bicyclic) bond motifs is 6. The molecule has 0 amide bonds. The fraction of sp³-hybridized carbons (Fsp3) is 0. The molecule has 0 bridgehead atoms. The fourth-order valence-corrected chi connectivity index (χ4v) is 9.48. The lowest BCUT2D eigenvalue weighted by atomic mass is 9.98. The molecule has 57 heavy (non-hydrogen) atoms. The second-order valence-electron chi connectivity index (χ2n) is 14.5. The van der Waals surface area contributed by atoms with Gasteiger partial charge in [0.2, 0.25) is 0 Å². The summed E-state index contributed by atoms with van der Waals surface area (Å²) < 4.78 is 9.59. The predicted octanol–water partition coefficient (Wildman–Crippen LogP) is 16.1. The van der Waals surface area contributed by atoms with E-state index in [1.165, 1.54) is 53.6 Å². The minimum atomic E-state index is 0.857. The van der Waals surface area contributed by atoms with Gasteiger partial charge in [0, 0.05) is 47.9 Å². The van der Waals surface area contributed by atoms with Gasteiger partial charge >= 0.3 is 0 Å². The molecule has 0 fully saturated rings. The lowest BCUT2D eigenvalue weighted by Crippen LogP contribution is -2.10. The van der Waals surface area contributed by atoms with E-state index >= 15 is 0 Å². The van der Waals surface area contributed by atoms with Crippen LogP contribution in [0.15, 0.2) is 217 Å². The van der Waals surface area contributed by atoms with Crippen molar-refractivity contribution in [3.05, 3.63) is 212 Å². The van der Waals surface area contributed by atoms with Crippen molar-refractivity contribution >= 4 is 70.5 Å². The smallest absolute Gasteiger partial charge is 0.159 e. The summed E-state index contributed by atoms with van der Waals surface area (Å²) in [6, 6.07) is 76.1. The SMILES string of the molecule is c1ccc(-c2ccc(-c3ccc(N(c4ccc(-c5cccc6sc7ccccc7c56)cc4)c4cccc5c4oc4c(-c6ccccc6)cccc45)cc3)cc2)cc1. The topological polar surface area (TPSA) is 16.4 Å². The first-order valence-corrected chi connectivity index (χ1v) is 20.1. The van der Waals surface area contributed by atoms with E-state index < -0.39 is 0 Å². The van der Waals surface area contributed by atoms with E-state index in [4.69, 9.17) is 4.42 Å². The van der Waals surface area contributed by atoms with Crippen LogP contribution in [0.1, 0.15) is 0 Å². The van der Waals surface area contributed by atoms with Crippen LogP contribution >= 0.6 is 11.3 Å². The van der Waals surface area contributed by atoms with Gasteiger partial charge in [-0.15, -0.1) is 11.3 Å². The van der Waals surface area contributed by atoms with Gasteiger partial charge in [-0.2, -0.15) is 0 Å². The van der Waals surface area contributed by atoms with Crippen LogP contribution in [0.4, 0.5) is 17.1 Å². The molecule has 0 radical (unpaired) electrons. The van der Waals surface area contributed by atoms with E-state index in [0.717, 1.165) is 50.1 Å². The zero-order chi connectivity index (χ0) is 37.7. The van der Waals surface area contributed by atoms with Crippen molar-refractivity contribution in [3.63, 3.8) is 0 Å². The Labute approximate surface area is 335 Å². The molecule has 2 aromatic heterocycles. The molecule has 0 saturated carbocycles. The second-order valence-corrected chi connectivity index (χ2v) is 15.5.